The van der Waals surface area contributed by atoms with E-state index >= 15 is 0 Å². The molecule has 1 aromatic carbocycles. The van der Waals surface area contributed by atoms with Gasteiger partial charge < -0.3 is 25.5 Å². The molecule has 20 nitrogen and oxygen atoms in total. The molecule has 0 unspecified atom stereocenters. The lowest BCUT2D eigenvalue weighted by atomic mass is 10.1. The molecular formula is C38H44N14O6. The number of ether oxygens (including phenoxy) is 2. The number of amides is 4. The van der Waals surface area contributed by atoms with E-state index in [1.54, 1.807) is 56.9 Å². The summed E-state index contributed by atoms with van der Waals surface area (Å²) in [4.78, 5) is 67.1. The molecule has 7 rings (SSSR count). The molecule has 1 fully saturated rings. The Labute approximate surface area is 331 Å². The Morgan fingerprint density at radius 2 is 1.36 bits per heavy atom. The van der Waals surface area contributed by atoms with Gasteiger partial charge in [-0.1, -0.05) is 12.2 Å². The van der Waals surface area contributed by atoms with Crippen LogP contribution in [0.25, 0.3) is 22.2 Å². The van der Waals surface area contributed by atoms with Crippen LogP contribution in [-0.2, 0) is 31.9 Å². The minimum atomic E-state index is -0.671. The van der Waals surface area contributed by atoms with Crippen molar-refractivity contribution in [2.24, 2.45) is 25.6 Å². The number of benzene rings is 1. The number of carbonyl (C=O) groups is 4. The lowest BCUT2D eigenvalue weighted by Crippen LogP contribution is -2.37. The number of fused-ring (bicyclic) bond motifs is 2. The van der Waals surface area contributed by atoms with Crippen LogP contribution in [0, 0.1) is 13.8 Å². The van der Waals surface area contributed by atoms with Crippen molar-refractivity contribution >= 4 is 57.7 Å². The van der Waals surface area contributed by atoms with Crippen LogP contribution in [0.15, 0.2) is 48.7 Å². The summed E-state index contributed by atoms with van der Waals surface area (Å²) in [5, 5.41) is 14.3. The summed E-state index contributed by atoms with van der Waals surface area (Å²) >= 11 is 0. The SMILES string of the molecule is Cc1cc(C(=O)Nc2nc3cc(C(N)=O)cnc3n2CC=CCn2c(NC(=O)c3cc(C)n(C)n3)nc3cc(C(N)=O)cc(OCCCN4CCOCC4)c32)nn1C. The average Bonchev–Trinajstić information content (AvgIpc) is 3.94. The first-order valence-corrected chi connectivity index (χ1v) is 18.6. The minimum Gasteiger partial charge on any atom is -0.491 e. The monoisotopic (exact) mass is 792 g/mol. The summed E-state index contributed by atoms with van der Waals surface area (Å²) in [7, 11) is 3.48. The number of nitrogens with two attached hydrogens (primary N) is 2. The topological polar surface area (TPSA) is 250 Å². The quantitative estimate of drug-likeness (QED) is 0.0860. The lowest BCUT2D eigenvalue weighted by molar-refractivity contribution is 0.0358. The Morgan fingerprint density at radius 3 is 1.95 bits per heavy atom. The molecule has 302 valence electrons. The van der Waals surface area contributed by atoms with E-state index in [0.29, 0.717) is 54.2 Å². The van der Waals surface area contributed by atoms with Crippen LogP contribution in [0.4, 0.5) is 11.9 Å². The van der Waals surface area contributed by atoms with Gasteiger partial charge in [0.25, 0.3) is 11.8 Å². The largest absolute Gasteiger partial charge is 0.491 e. The highest BCUT2D eigenvalue weighted by Gasteiger charge is 2.22. The predicted octanol–water partition coefficient (Wildman–Crippen LogP) is 1.92. The minimum absolute atomic E-state index is 0.159. The predicted molar refractivity (Wildman–Crippen MR) is 213 cm³/mol. The zero-order valence-corrected chi connectivity index (χ0v) is 32.6. The van der Waals surface area contributed by atoms with Crippen molar-refractivity contribution in [3.05, 3.63) is 82.6 Å². The van der Waals surface area contributed by atoms with Gasteiger partial charge in [-0.15, -0.1) is 0 Å². The van der Waals surface area contributed by atoms with E-state index in [4.69, 9.17) is 25.9 Å². The molecule has 20 heteroatoms. The zero-order chi connectivity index (χ0) is 41.1. The Hall–Kier alpha value is -6.93. The second kappa shape index (κ2) is 16.7. The smallest absolute Gasteiger partial charge is 0.278 e. The van der Waals surface area contributed by atoms with Crippen molar-refractivity contribution < 1.29 is 28.7 Å². The number of nitrogens with zero attached hydrogens (tertiary/aromatic N) is 10. The molecule has 1 saturated heterocycles. The molecule has 4 amide bonds. The standard InChI is InChI=1S/C38H44N14O6/c1-22-16-28(46-48(22)3)35(55)44-37-42-26-18-24(32(39)53)20-30(58-13-7-8-50-11-14-57-15-12-50)31(26)51(37)9-5-6-10-52-34-27(19-25(21-41-34)33(40)54)43-38(52)45-36(56)29-17-23(2)49(4)47-29/h5-6,16-21H,7-15H2,1-4H3,(H2,39,53)(H2,40,54)(H,42,44,55)(H,43,45,56). The Morgan fingerprint density at radius 1 is 0.793 bits per heavy atom. The zero-order valence-electron chi connectivity index (χ0n) is 32.6. The third-order valence-corrected chi connectivity index (χ3v) is 9.83. The average molecular weight is 793 g/mol. The maximum absolute atomic E-state index is 13.5. The van der Waals surface area contributed by atoms with E-state index in [1.165, 1.54) is 12.3 Å². The van der Waals surface area contributed by atoms with Gasteiger partial charge in [-0.25, -0.2) is 15.0 Å². The van der Waals surface area contributed by atoms with E-state index in [2.05, 4.69) is 35.7 Å². The van der Waals surface area contributed by atoms with Crippen molar-refractivity contribution in [1.82, 2.24) is 48.5 Å². The molecule has 0 aliphatic carbocycles. The first-order chi connectivity index (χ1) is 27.9. The molecular weight excluding hydrogens is 749 g/mol. The maximum Gasteiger partial charge on any atom is 0.278 e. The Kier molecular flexibility index (Phi) is 11.3. The Balaban J connectivity index is 1.21. The molecule has 0 radical (unpaired) electrons. The number of anilines is 2. The fourth-order valence-electron chi connectivity index (χ4n) is 6.50. The number of nitrogens with one attached hydrogen (secondary N) is 2. The van der Waals surface area contributed by atoms with Crippen molar-refractivity contribution in [2.75, 3.05) is 50.1 Å². The van der Waals surface area contributed by atoms with Gasteiger partial charge in [-0.3, -0.25) is 48.6 Å². The molecule has 0 spiro atoms. The van der Waals surface area contributed by atoms with Crippen molar-refractivity contribution in [2.45, 2.75) is 33.4 Å². The Bertz CT molecular complexity index is 2540. The summed E-state index contributed by atoms with van der Waals surface area (Å²) in [5.41, 5.74) is 15.2. The van der Waals surface area contributed by atoms with Gasteiger partial charge in [-0.2, -0.15) is 10.2 Å². The molecule has 0 saturated carbocycles. The van der Waals surface area contributed by atoms with E-state index in [1.807, 2.05) is 26.0 Å². The number of rotatable bonds is 15. The first-order valence-electron chi connectivity index (χ1n) is 18.6. The molecule has 0 bridgehead atoms. The van der Waals surface area contributed by atoms with Gasteiger partial charge in [0.15, 0.2) is 17.0 Å². The highest BCUT2D eigenvalue weighted by atomic mass is 16.5. The lowest BCUT2D eigenvalue weighted by Gasteiger charge is -2.26. The third kappa shape index (κ3) is 8.42. The molecule has 6 heterocycles. The van der Waals surface area contributed by atoms with Crippen LogP contribution in [0.2, 0.25) is 0 Å². The van der Waals surface area contributed by atoms with E-state index < -0.39 is 23.6 Å². The third-order valence-electron chi connectivity index (χ3n) is 9.83. The number of pyridine rings is 1. The number of morpholine rings is 1. The molecule has 1 aliphatic rings. The van der Waals surface area contributed by atoms with Gasteiger partial charge in [0.2, 0.25) is 23.7 Å². The van der Waals surface area contributed by atoms with Crippen LogP contribution in [-0.4, -0.2) is 112 Å². The number of hydrogen-bond acceptors (Lipinski definition) is 12. The van der Waals surface area contributed by atoms with Crippen molar-refractivity contribution in [3.8, 4) is 5.75 Å². The molecule has 58 heavy (non-hydrogen) atoms. The summed E-state index contributed by atoms with van der Waals surface area (Å²) in [6.07, 6.45) is 5.72. The van der Waals surface area contributed by atoms with Gasteiger partial charge in [0, 0.05) is 70.0 Å². The van der Waals surface area contributed by atoms with Gasteiger partial charge >= 0.3 is 0 Å². The highest BCUT2D eigenvalue weighted by Crippen LogP contribution is 2.32. The summed E-state index contributed by atoms with van der Waals surface area (Å²) in [6, 6.07) is 7.96. The summed E-state index contributed by atoms with van der Waals surface area (Å²) in [6.45, 7) is 8.23. The maximum atomic E-state index is 13.5. The van der Waals surface area contributed by atoms with Gasteiger partial charge in [0.05, 0.1) is 30.9 Å². The number of primary amides is 2. The van der Waals surface area contributed by atoms with Crippen LogP contribution >= 0.6 is 0 Å². The van der Waals surface area contributed by atoms with Gasteiger partial charge in [0.1, 0.15) is 16.8 Å². The second-order valence-electron chi connectivity index (χ2n) is 13.9. The summed E-state index contributed by atoms with van der Waals surface area (Å²) in [5.74, 6) is -1.58. The van der Waals surface area contributed by atoms with Crippen LogP contribution in [0.3, 0.4) is 0 Å². The normalized spacial score (nSPS) is 13.4. The highest BCUT2D eigenvalue weighted by molar-refractivity contribution is 6.04. The number of allylic oxidation sites excluding steroid dienone is 2. The molecule has 0 atom stereocenters. The van der Waals surface area contributed by atoms with E-state index in [9.17, 15) is 19.2 Å². The fraction of sp³-hybridized carbons (Fsp3) is 0.342. The summed E-state index contributed by atoms with van der Waals surface area (Å²) < 4.78 is 18.4. The molecule has 6 N–H and O–H groups in total. The molecule has 1 aliphatic heterocycles. The van der Waals surface area contributed by atoms with Crippen LogP contribution in [0.1, 0.15) is 59.5 Å². The number of hydrogen-bond donors (Lipinski definition) is 4. The van der Waals surface area contributed by atoms with Crippen LogP contribution < -0.4 is 26.8 Å². The number of carbonyl (C=O) groups excluding carboxylic acids is 4. The van der Waals surface area contributed by atoms with E-state index in [-0.39, 0.29) is 47.5 Å². The number of aryl methyl sites for hydroxylation is 4. The van der Waals surface area contributed by atoms with E-state index in [0.717, 1.165) is 31.0 Å². The fourth-order valence-corrected chi connectivity index (χ4v) is 6.50. The van der Waals surface area contributed by atoms with Crippen molar-refractivity contribution in [1.29, 1.82) is 0 Å². The second-order valence-corrected chi connectivity index (χ2v) is 13.9. The molecule has 5 aromatic heterocycles. The first kappa shape index (κ1) is 39.3. The van der Waals surface area contributed by atoms with Crippen LogP contribution in [0.5, 0.6) is 5.75 Å². The number of imidazole rings is 2. The van der Waals surface area contributed by atoms with Gasteiger partial charge in [-0.05, 0) is 50.6 Å². The van der Waals surface area contributed by atoms with Crippen molar-refractivity contribution in [3.63, 3.8) is 0 Å². The molecule has 6 aromatic rings. The number of aromatic nitrogens is 9.